The Morgan fingerprint density at radius 1 is 1.67 bits per heavy atom. The molecule has 88 valence electrons. The van der Waals surface area contributed by atoms with Crippen molar-refractivity contribution >= 4 is 28.0 Å². The molecule has 15 heavy (non-hydrogen) atoms. The first-order chi connectivity index (χ1) is 6.85. The Morgan fingerprint density at radius 3 is 2.73 bits per heavy atom. The summed E-state index contributed by atoms with van der Waals surface area (Å²) in [7, 11) is -4.67. The zero-order valence-electron chi connectivity index (χ0n) is 7.96. The molecule has 0 saturated carbocycles. The van der Waals surface area contributed by atoms with Crippen LogP contribution in [0.5, 0.6) is 0 Å². The van der Waals surface area contributed by atoms with E-state index < -0.39 is 21.9 Å². The van der Waals surface area contributed by atoms with Gasteiger partial charge in [0.25, 0.3) is 0 Å². The number of amides is 2. The van der Waals surface area contributed by atoms with Crippen molar-refractivity contribution < 1.29 is 22.0 Å². The lowest BCUT2D eigenvalue weighted by atomic mass is 10.3. The minimum Gasteiger partial charge on any atom is -0.307 e. The summed E-state index contributed by atoms with van der Waals surface area (Å²) in [4.78, 5) is 12.7. The summed E-state index contributed by atoms with van der Waals surface area (Å²) in [5, 5.41) is 0.567. The molecule has 1 N–H and O–H groups in total. The minimum absolute atomic E-state index is 0.0172. The van der Waals surface area contributed by atoms with E-state index in [1.54, 1.807) is 6.92 Å². The Kier molecular flexibility index (Phi) is 3.77. The van der Waals surface area contributed by atoms with Gasteiger partial charge in [-0.2, -0.15) is 13.5 Å². The second kappa shape index (κ2) is 4.52. The lowest BCUT2D eigenvalue weighted by Gasteiger charge is -2.35. The third-order valence-electron chi connectivity index (χ3n) is 1.89. The van der Waals surface area contributed by atoms with Gasteiger partial charge in [0.2, 0.25) is 0 Å². The van der Waals surface area contributed by atoms with Crippen LogP contribution < -0.4 is 0 Å². The average Bonchev–Trinajstić information content (AvgIpc) is 2.09. The van der Waals surface area contributed by atoms with Crippen molar-refractivity contribution in [2.45, 2.75) is 18.8 Å². The number of alkyl halides is 1. The first-order valence-corrected chi connectivity index (χ1v) is 6.04. The fourth-order valence-electron chi connectivity index (χ4n) is 1.25. The second-order valence-corrected chi connectivity index (χ2v) is 4.40. The lowest BCUT2D eigenvalue weighted by Crippen LogP contribution is -2.52. The Hall–Kier alpha value is -0.570. The fraction of sp³-hybridized carbons (Fsp3) is 0.833. The number of urea groups is 1. The maximum Gasteiger partial charge on any atom is 0.418 e. The standard InChI is InChI=1S/C6H11ClN2O5S/c1-2-8-5(7)3-4-9(6(8)10)14-15(11,12)13/h5H,2-4H2,1H3,(H,11,12,13)/t5-/m0/s1. The smallest absolute Gasteiger partial charge is 0.307 e. The van der Waals surface area contributed by atoms with Crippen LogP contribution in [0.3, 0.4) is 0 Å². The maximum atomic E-state index is 11.5. The molecule has 1 aliphatic heterocycles. The molecule has 0 unspecified atom stereocenters. The summed E-state index contributed by atoms with van der Waals surface area (Å²) in [6, 6.07) is -0.679. The van der Waals surface area contributed by atoms with Gasteiger partial charge < -0.3 is 4.90 Å². The van der Waals surface area contributed by atoms with Crippen LogP contribution in [0.1, 0.15) is 13.3 Å². The topological polar surface area (TPSA) is 87.2 Å². The summed E-state index contributed by atoms with van der Waals surface area (Å²) >= 11 is 5.83. The molecule has 0 aromatic heterocycles. The van der Waals surface area contributed by atoms with E-state index in [-0.39, 0.29) is 6.54 Å². The average molecular weight is 259 g/mol. The third kappa shape index (κ3) is 3.20. The molecule has 0 aliphatic carbocycles. The monoisotopic (exact) mass is 258 g/mol. The van der Waals surface area contributed by atoms with Crippen molar-refractivity contribution in [3.63, 3.8) is 0 Å². The summed E-state index contributed by atoms with van der Waals surface area (Å²) in [5.74, 6) is 0. The zero-order chi connectivity index (χ0) is 11.6. The number of rotatable bonds is 3. The molecule has 1 aliphatic rings. The predicted molar refractivity (Wildman–Crippen MR) is 51.4 cm³/mol. The van der Waals surface area contributed by atoms with Gasteiger partial charge in [-0.05, 0) is 6.92 Å². The summed E-state index contributed by atoms with van der Waals surface area (Å²) in [6.07, 6.45) is 0.358. The maximum absolute atomic E-state index is 11.5. The van der Waals surface area contributed by atoms with Gasteiger partial charge >= 0.3 is 16.4 Å². The molecule has 0 aromatic rings. The largest absolute Gasteiger partial charge is 0.418 e. The van der Waals surface area contributed by atoms with Crippen molar-refractivity contribution in [1.29, 1.82) is 0 Å². The summed E-state index contributed by atoms with van der Waals surface area (Å²) in [6.45, 7) is 2.05. The molecule has 0 aromatic carbocycles. The van der Waals surface area contributed by atoms with Crippen LogP contribution in [0.25, 0.3) is 0 Å². The van der Waals surface area contributed by atoms with Crippen LogP contribution in [0.2, 0.25) is 0 Å². The SMILES string of the molecule is CCN1C(=O)N(OS(=O)(=O)O)CC[C@H]1Cl. The van der Waals surface area contributed by atoms with E-state index in [1.807, 2.05) is 0 Å². The molecule has 1 heterocycles. The molecule has 0 radical (unpaired) electrons. The number of halogens is 1. The Labute approximate surface area is 92.4 Å². The van der Waals surface area contributed by atoms with Crippen LogP contribution in [0.15, 0.2) is 0 Å². The number of carbonyl (C=O) groups excluding carboxylic acids is 1. The molecule has 1 saturated heterocycles. The molecule has 0 bridgehead atoms. The molecule has 2 amide bonds. The van der Waals surface area contributed by atoms with Gasteiger partial charge in [0.1, 0.15) is 5.50 Å². The first kappa shape index (κ1) is 12.5. The minimum atomic E-state index is -4.67. The molecular formula is C6H11ClN2O5S. The van der Waals surface area contributed by atoms with E-state index in [0.29, 0.717) is 18.0 Å². The highest BCUT2D eigenvalue weighted by Gasteiger charge is 2.34. The quantitative estimate of drug-likeness (QED) is 0.451. The second-order valence-electron chi connectivity index (χ2n) is 2.90. The van der Waals surface area contributed by atoms with E-state index >= 15 is 0 Å². The Balaban J connectivity index is 2.73. The molecule has 0 spiro atoms. The summed E-state index contributed by atoms with van der Waals surface area (Å²) < 4.78 is 33.3. The van der Waals surface area contributed by atoms with Gasteiger partial charge in [-0.3, -0.25) is 4.55 Å². The molecular weight excluding hydrogens is 248 g/mol. The van der Waals surface area contributed by atoms with Crippen LogP contribution in [-0.4, -0.2) is 47.6 Å². The van der Waals surface area contributed by atoms with Crippen molar-refractivity contribution in [3.8, 4) is 0 Å². The van der Waals surface area contributed by atoms with Crippen LogP contribution in [-0.2, 0) is 14.7 Å². The van der Waals surface area contributed by atoms with Gasteiger partial charge in [0, 0.05) is 13.0 Å². The van der Waals surface area contributed by atoms with E-state index in [4.69, 9.17) is 16.2 Å². The van der Waals surface area contributed by atoms with Gasteiger partial charge in [0.15, 0.2) is 0 Å². The van der Waals surface area contributed by atoms with Crippen molar-refractivity contribution in [1.82, 2.24) is 9.96 Å². The molecule has 1 fully saturated rings. The number of carbonyl (C=O) groups is 1. The van der Waals surface area contributed by atoms with Gasteiger partial charge in [-0.1, -0.05) is 11.6 Å². The molecule has 1 atom stereocenters. The van der Waals surface area contributed by atoms with E-state index in [1.165, 1.54) is 4.90 Å². The van der Waals surface area contributed by atoms with Gasteiger partial charge in [0.05, 0.1) is 6.54 Å². The highest BCUT2D eigenvalue weighted by Crippen LogP contribution is 2.19. The number of nitrogens with zero attached hydrogens (tertiary/aromatic N) is 2. The lowest BCUT2D eigenvalue weighted by molar-refractivity contribution is -0.0505. The zero-order valence-corrected chi connectivity index (χ0v) is 9.53. The number of hydrogen-bond donors (Lipinski definition) is 1. The molecule has 1 rings (SSSR count). The highest BCUT2D eigenvalue weighted by atomic mass is 35.5. The van der Waals surface area contributed by atoms with Crippen LogP contribution in [0.4, 0.5) is 4.79 Å². The Morgan fingerprint density at radius 2 is 2.27 bits per heavy atom. The van der Waals surface area contributed by atoms with Crippen LogP contribution >= 0.6 is 11.6 Å². The first-order valence-electron chi connectivity index (χ1n) is 4.24. The Bertz CT molecular complexity index is 345. The van der Waals surface area contributed by atoms with E-state index in [9.17, 15) is 13.2 Å². The van der Waals surface area contributed by atoms with E-state index in [0.717, 1.165) is 0 Å². The molecule has 7 nitrogen and oxygen atoms in total. The van der Waals surface area contributed by atoms with Crippen molar-refractivity contribution in [3.05, 3.63) is 0 Å². The van der Waals surface area contributed by atoms with Crippen molar-refractivity contribution in [2.24, 2.45) is 0 Å². The molecule has 9 heteroatoms. The highest BCUT2D eigenvalue weighted by molar-refractivity contribution is 7.80. The normalized spacial score (nSPS) is 23.4. The van der Waals surface area contributed by atoms with Gasteiger partial charge in [-0.25, -0.2) is 4.79 Å². The summed E-state index contributed by atoms with van der Waals surface area (Å²) in [5.41, 5.74) is -0.483. The predicted octanol–water partition coefficient (Wildman–Crippen LogP) is 0.433. The van der Waals surface area contributed by atoms with Gasteiger partial charge in [-0.15, -0.1) is 4.28 Å². The van der Waals surface area contributed by atoms with Crippen LogP contribution in [0, 0.1) is 0 Å². The number of hydrogen-bond acceptors (Lipinski definition) is 4. The van der Waals surface area contributed by atoms with E-state index in [2.05, 4.69) is 4.28 Å². The third-order valence-corrected chi connectivity index (χ3v) is 2.71. The number of hydroxylamine groups is 2. The fourth-order valence-corrected chi connectivity index (χ4v) is 1.94. The van der Waals surface area contributed by atoms with Crippen molar-refractivity contribution in [2.75, 3.05) is 13.1 Å².